The molecule has 0 aliphatic rings. The summed E-state index contributed by atoms with van der Waals surface area (Å²) in [5, 5.41) is 4.25. The summed E-state index contributed by atoms with van der Waals surface area (Å²) in [6, 6.07) is 12.5. The zero-order valence-corrected chi connectivity index (χ0v) is 11.8. The molecule has 0 unspecified atom stereocenters. The van der Waals surface area contributed by atoms with E-state index in [9.17, 15) is 0 Å². The number of halogens is 1. The lowest BCUT2D eigenvalue weighted by Gasteiger charge is -2.12. The molecule has 2 rings (SSSR count). The number of hydrogen-bond acceptors (Lipinski definition) is 1. The normalized spacial score (nSPS) is 10.4. The van der Waals surface area contributed by atoms with Gasteiger partial charge in [0, 0.05) is 17.3 Å². The molecule has 0 spiro atoms. The molecule has 2 aromatic carbocycles. The van der Waals surface area contributed by atoms with Gasteiger partial charge < -0.3 is 5.32 Å². The van der Waals surface area contributed by atoms with Gasteiger partial charge >= 0.3 is 0 Å². The molecular formula is C16H18ClN. The molecule has 0 amide bonds. The van der Waals surface area contributed by atoms with Crippen LogP contribution in [0.5, 0.6) is 0 Å². The fourth-order valence-electron chi connectivity index (χ4n) is 2.03. The Morgan fingerprint density at radius 2 is 1.83 bits per heavy atom. The molecule has 0 radical (unpaired) electrons. The highest BCUT2D eigenvalue weighted by atomic mass is 35.5. The molecule has 0 saturated carbocycles. The predicted octanol–water partition coefficient (Wildman–Crippen LogP) is 4.88. The Morgan fingerprint density at radius 1 is 1.06 bits per heavy atom. The van der Waals surface area contributed by atoms with Gasteiger partial charge in [-0.1, -0.05) is 41.4 Å². The molecular weight excluding hydrogens is 242 g/mol. The highest BCUT2D eigenvalue weighted by molar-refractivity contribution is 6.31. The number of anilines is 1. The van der Waals surface area contributed by atoms with Crippen LogP contribution in [0.15, 0.2) is 36.4 Å². The summed E-state index contributed by atoms with van der Waals surface area (Å²) in [5.74, 6) is 0. The second-order valence-corrected chi connectivity index (χ2v) is 5.10. The van der Waals surface area contributed by atoms with Gasteiger partial charge in [0.05, 0.1) is 0 Å². The standard InChI is InChI=1S/C16H18ClN/c1-11-7-8-14(12(2)9-11)10-18-16-6-4-5-15(17)13(16)3/h4-9,18H,10H2,1-3H3. The first-order valence-corrected chi connectivity index (χ1v) is 6.51. The van der Waals surface area contributed by atoms with Crippen molar-refractivity contribution in [3.63, 3.8) is 0 Å². The first-order valence-electron chi connectivity index (χ1n) is 6.13. The average Bonchev–Trinajstić information content (AvgIpc) is 2.33. The van der Waals surface area contributed by atoms with E-state index in [0.29, 0.717) is 0 Å². The maximum absolute atomic E-state index is 6.11. The highest BCUT2D eigenvalue weighted by Gasteiger charge is 2.03. The molecule has 0 aliphatic heterocycles. The zero-order chi connectivity index (χ0) is 13.1. The second-order valence-electron chi connectivity index (χ2n) is 4.70. The summed E-state index contributed by atoms with van der Waals surface area (Å²) in [6.45, 7) is 7.13. The van der Waals surface area contributed by atoms with Gasteiger partial charge in [-0.2, -0.15) is 0 Å². The van der Waals surface area contributed by atoms with Gasteiger partial charge in [-0.05, 0) is 49.6 Å². The van der Waals surface area contributed by atoms with Crippen LogP contribution in [0.2, 0.25) is 5.02 Å². The fourth-order valence-corrected chi connectivity index (χ4v) is 2.21. The van der Waals surface area contributed by atoms with E-state index in [2.05, 4.69) is 43.4 Å². The number of benzene rings is 2. The van der Waals surface area contributed by atoms with E-state index in [4.69, 9.17) is 11.6 Å². The Kier molecular flexibility index (Phi) is 3.93. The summed E-state index contributed by atoms with van der Waals surface area (Å²) in [4.78, 5) is 0. The summed E-state index contributed by atoms with van der Waals surface area (Å²) >= 11 is 6.11. The lowest BCUT2D eigenvalue weighted by molar-refractivity contribution is 1.11. The van der Waals surface area contributed by atoms with Gasteiger partial charge in [-0.3, -0.25) is 0 Å². The van der Waals surface area contributed by atoms with Crippen molar-refractivity contribution in [2.75, 3.05) is 5.32 Å². The van der Waals surface area contributed by atoms with E-state index in [-0.39, 0.29) is 0 Å². The van der Waals surface area contributed by atoms with Gasteiger partial charge in [-0.25, -0.2) is 0 Å². The Labute approximate surface area is 114 Å². The van der Waals surface area contributed by atoms with Crippen LogP contribution in [-0.4, -0.2) is 0 Å². The van der Waals surface area contributed by atoms with Crippen LogP contribution in [0, 0.1) is 20.8 Å². The van der Waals surface area contributed by atoms with Gasteiger partial charge in [0.1, 0.15) is 0 Å². The first-order chi connectivity index (χ1) is 8.58. The van der Waals surface area contributed by atoms with Gasteiger partial charge in [0.15, 0.2) is 0 Å². The second kappa shape index (κ2) is 5.45. The summed E-state index contributed by atoms with van der Waals surface area (Å²) in [7, 11) is 0. The van der Waals surface area contributed by atoms with Crippen molar-refractivity contribution in [2.24, 2.45) is 0 Å². The molecule has 2 aromatic rings. The Balaban J connectivity index is 2.14. The van der Waals surface area contributed by atoms with Gasteiger partial charge in [-0.15, -0.1) is 0 Å². The zero-order valence-electron chi connectivity index (χ0n) is 11.0. The molecule has 1 nitrogen and oxygen atoms in total. The van der Waals surface area contributed by atoms with E-state index in [1.165, 1.54) is 16.7 Å². The monoisotopic (exact) mass is 259 g/mol. The van der Waals surface area contributed by atoms with Crippen molar-refractivity contribution in [2.45, 2.75) is 27.3 Å². The van der Waals surface area contributed by atoms with Gasteiger partial charge in [0.2, 0.25) is 0 Å². The topological polar surface area (TPSA) is 12.0 Å². The number of nitrogens with one attached hydrogen (secondary N) is 1. The average molecular weight is 260 g/mol. The van der Waals surface area contributed by atoms with Crippen LogP contribution < -0.4 is 5.32 Å². The fraction of sp³-hybridized carbons (Fsp3) is 0.250. The summed E-state index contributed by atoms with van der Waals surface area (Å²) in [6.07, 6.45) is 0. The van der Waals surface area contributed by atoms with Crippen LogP contribution >= 0.6 is 11.6 Å². The Hall–Kier alpha value is -1.47. The maximum atomic E-state index is 6.11. The molecule has 0 bridgehead atoms. The van der Waals surface area contributed by atoms with Crippen molar-refractivity contribution >= 4 is 17.3 Å². The van der Waals surface area contributed by atoms with E-state index < -0.39 is 0 Å². The SMILES string of the molecule is Cc1ccc(CNc2cccc(Cl)c2C)c(C)c1. The lowest BCUT2D eigenvalue weighted by atomic mass is 10.1. The summed E-state index contributed by atoms with van der Waals surface area (Å²) in [5.41, 5.74) is 6.14. The predicted molar refractivity (Wildman–Crippen MR) is 79.4 cm³/mol. The lowest BCUT2D eigenvalue weighted by Crippen LogP contribution is -2.03. The van der Waals surface area contributed by atoms with Crippen molar-refractivity contribution in [3.05, 3.63) is 63.7 Å². The number of rotatable bonds is 3. The minimum Gasteiger partial charge on any atom is -0.381 e. The van der Waals surface area contributed by atoms with Crippen molar-refractivity contribution in [3.8, 4) is 0 Å². The van der Waals surface area contributed by atoms with Crippen LogP contribution in [-0.2, 0) is 6.54 Å². The third-order valence-electron chi connectivity index (χ3n) is 3.24. The maximum Gasteiger partial charge on any atom is 0.0455 e. The minimum atomic E-state index is 0.806. The quantitative estimate of drug-likeness (QED) is 0.829. The first kappa shape index (κ1) is 13.0. The molecule has 0 aromatic heterocycles. The molecule has 0 aliphatic carbocycles. The van der Waals surface area contributed by atoms with Crippen molar-refractivity contribution < 1.29 is 0 Å². The molecule has 94 valence electrons. The van der Waals surface area contributed by atoms with Crippen LogP contribution in [0.1, 0.15) is 22.3 Å². The van der Waals surface area contributed by atoms with E-state index in [1.54, 1.807) is 0 Å². The molecule has 18 heavy (non-hydrogen) atoms. The van der Waals surface area contributed by atoms with E-state index >= 15 is 0 Å². The van der Waals surface area contributed by atoms with Crippen LogP contribution in [0.25, 0.3) is 0 Å². The highest BCUT2D eigenvalue weighted by Crippen LogP contribution is 2.23. The Morgan fingerprint density at radius 3 is 2.56 bits per heavy atom. The smallest absolute Gasteiger partial charge is 0.0455 e. The number of aryl methyl sites for hydroxylation is 2. The Bertz CT molecular complexity index is 561. The minimum absolute atomic E-state index is 0.806. The molecule has 2 heteroatoms. The van der Waals surface area contributed by atoms with E-state index in [1.807, 2.05) is 19.1 Å². The molecule has 1 N–H and O–H groups in total. The summed E-state index contributed by atoms with van der Waals surface area (Å²) < 4.78 is 0. The molecule has 0 saturated heterocycles. The molecule has 0 fully saturated rings. The largest absolute Gasteiger partial charge is 0.381 e. The van der Waals surface area contributed by atoms with Crippen molar-refractivity contribution in [1.29, 1.82) is 0 Å². The van der Waals surface area contributed by atoms with Crippen molar-refractivity contribution in [1.82, 2.24) is 0 Å². The third-order valence-corrected chi connectivity index (χ3v) is 3.64. The van der Waals surface area contributed by atoms with Gasteiger partial charge in [0.25, 0.3) is 0 Å². The molecule has 0 atom stereocenters. The number of hydrogen-bond donors (Lipinski definition) is 1. The third kappa shape index (κ3) is 2.85. The van der Waals surface area contributed by atoms with Crippen LogP contribution in [0.4, 0.5) is 5.69 Å². The van der Waals surface area contributed by atoms with E-state index in [0.717, 1.165) is 22.8 Å². The molecule has 0 heterocycles. The van der Waals surface area contributed by atoms with Crippen LogP contribution in [0.3, 0.4) is 0 Å².